The van der Waals surface area contributed by atoms with Crippen LogP contribution in [0.1, 0.15) is 54.6 Å². The molecule has 3 nitrogen and oxygen atoms in total. The van der Waals surface area contributed by atoms with E-state index in [0.717, 1.165) is 48.9 Å². The maximum absolute atomic E-state index is 14.2. The molecule has 4 heteroatoms. The van der Waals surface area contributed by atoms with Gasteiger partial charge in [-0.2, -0.15) is 0 Å². The van der Waals surface area contributed by atoms with Crippen LogP contribution >= 0.6 is 0 Å². The Balaban J connectivity index is 1.67. The molecular formula is C25H26FNO2. The standard InChI is InChI=1S/C25H26FNO2/c1-3-5-7-18-9-15-24(22(26)16-18)29-25(28)21-12-10-20(11-13-21)23-14-8-19(6-4-2)17-27-23/h8-17H,3-7H2,1-2H3. The van der Waals surface area contributed by atoms with Crippen LogP contribution in [0.4, 0.5) is 4.39 Å². The third-order valence-electron chi connectivity index (χ3n) is 4.80. The van der Waals surface area contributed by atoms with Crippen molar-refractivity contribution in [2.75, 3.05) is 0 Å². The summed E-state index contributed by atoms with van der Waals surface area (Å²) in [4.78, 5) is 16.9. The van der Waals surface area contributed by atoms with Crippen LogP contribution in [0.25, 0.3) is 11.3 Å². The summed E-state index contributed by atoms with van der Waals surface area (Å²) in [5.74, 6) is -1.14. The second-order valence-corrected chi connectivity index (χ2v) is 7.14. The molecule has 0 spiro atoms. The molecule has 0 radical (unpaired) electrons. The number of benzene rings is 2. The Kier molecular flexibility index (Phi) is 7.12. The predicted molar refractivity (Wildman–Crippen MR) is 114 cm³/mol. The summed E-state index contributed by atoms with van der Waals surface area (Å²) < 4.78 is 19.5. The van der Waals surface area contributed by atoms with Crippen LogP contribution in [0.5, 0.6) is 5.75 Å². The van der Waals surface area contributed by atoms with Crippen LogP contribution < -0.4 is 4.74 Å². The van der Waals surface area contributed by atoms with Gasteiger partial charge in [0.1, 0.15) is 0 Å². The Hall–Kier alpha value is -3.01. The van der Waals surface area contributed by atoms with E-state index in [2.05, 4.69) is 24.9 Å². The molecule has 0 amide bonds. The molecule has 0 aliphatic heterocycles. The molecule has 1 heterocycles. The number of esters is 1. The van der Waals surface area contributed by atoms with Crippen LogP contribution in [0.3, 0.4) is 0 Å². The first kappa shape index (κ1) is 20.7. The van der Waals surface area contributed by atoms with E-state index in [0.29, 0.717) is 5.56 Å². The van der Waals surface area contributed by atoms with Crippen molar-refractivity contribution in [2.24, 2.45) is 0 Å². The predicted octanol–water partition coefficient (Wildman–Crippen LogP) is 6.40. The Morgan fingerprint density at radius 3 is 2.31 bits per heavy atom. The lowest BCUT2D eigenvalue weighted by Gasteiger charge is -2.08. The molecule has 0 atom stereocenters. The first-order valence-electron chi connectivity index (χ1n) is 10.2. The average Bonchev–Trinajstić information content (AvgIpc) is 2.75. The van der Waals surface area contributed by atoms with Gasteiger partial charge in [-0.25, -0.2) is 9.18 Å². The van der Waals surface area contributed by atoms with Gasteiger partial charge in [0, 0.05) is 11.8 Å². The maximum atomic E-state index is 14.2. The Morgan fingerprint density at radius 2 is 1.69 bits per heavy atom. The van der Waals surface area contributed by atoms with Gasteiger partial charge in [-0.3, -0.25) is 4.98 Å². The summed E-state index contributed by atoms with van der Waals surface area (Å²) in [5, 5.41) is 0. The largest absolute Gasteiger partial charge is 0.420 e. The molecule has 0 saturated carbocycles. The summed E-state index contributed by atoms with van der Waals surface area (Å²) in [7, 11) is 0. The highest BCUT2D eigenvalue weighted by atomic mass is 19.1. The Morgan fingerprint density at radius 1 is 0.931 bits per heavy atom. The molecule has 0 N–H and O–H groups in total. The number of unbranched alkanes of at least 4 members (excludes halogenated alkanes) is 1. The quantitative estimate of drug-likeness (QED) is 0.329. The summed E-state index contributed by atoms with van der Waals surface area (Å²) in [6.45, 7) is 4.23. The molecular weight excluding hydrogens is 365 g/mol. The molecule has 3 aromatic rings. The fraction of sp³-hybridized carbons (Fsp3) is 0.280. The van der Waals surface area contributed by atoms with Crippen molar-refractivity contribution in [2.45, 2.75) is 46.0 Å². The monoisotopic (exact) mass is 391 g/mol. The maximum Gasteiger partial charge on any atom is 0.343 e. The molecule has 0 aliphatic carbocycles. The summed E-state index contributed by atoms with van der Waals surface area (Å²) >= 11 is 0. The van der Waals surface area contributed by atoms with Crippen LogP contribution in [0.15, 0.2) is 60.8 Å². The normalized spacial score (nSPS) is 10.7. The minimum atomic E-state index is -0.581. The van der Waals surface area contributed by atoms with Crippen molar-refractivity contribution >= 4 is 5.97 Å². The minimum absolute atomic E-state index is 0.0486. The zero-order chi connectivity index (χ0) is 20.6. The molecule has 0 aliphatic rings. The highest BCUT2D eigenvalue weighted by Crippen LogP contribution is 2.22. The molecule has 150 valence electrons. The third-order valence-corrected chi connectivity index (χ3v) is 4.80. The first-order chi connectivity index (χ1) is 14.1. The van der Waals surface area contributed by atoms with E-state index < -0.39 is 11.8 Å². The summed E-state index contributed by atoms with van der Waals surface area (Å²) in [6, 6.07) is 15.8. The number of hydrogen-bond donors (Lipinski definition) is 0. The first-order valence-corrected chi connectivity index (χ1v) is 10.2. The molecule has 0 saturated heterocycles. The molecule has 2 aromatic carbocycles. The lowest BCUT2D eigenvalue weighted by atomic mass is 10.1. The van der Waals surface area contributed by atoms with E-state index in [1.165, 1.54) is 17.7 Å². The zero-order valence-electron chi connectivity index (χ0n) is 17.0. The Labute approximate surface area is 171 Å². The number of carbonyl (C=O) groups is 1. The number of rotatable bonds is 8. The van der Waals surface area contributed by atoms with Gasteiger partial charge in [0.05, 0.1) is 11.3 Å². The van der Waals surface area contributed by atoms with Crippen molar-refractivity contribution in [3.05, 3.63) is 83.3 Å². The lowest BCUT2D eigenvalue weighted by molar-refractivity contribution is 0.0728. The van der Waals surface area contributed by atoms with Crippen molar-refractivity contribution in [1.82, 2.24) is 4.98 Å². The fourth-order valence-corrected chi connectivity index (χ4v) is 3.13. The SMILES string of the molecule is CCCCc1ccc(OC(=O)c2ccc(-c3ccc(CCC)cn3)cc2)c(F)c1. The zero-order valence-corrected chi connectivity index (χ0v) is 17.0. The number of ether oxygens (including phenoxy) is 1. The van der Waals surface area contributed by atoms with Gasteiger partial charge < -0.3 is 4.74 Å². The van der Waals surface area contributed by atoms with Crippen molar-refractivity contribution < 1.29 is 13.9 Å². The van der Waals surface area contributed by atoms with Crippen LogP contribution in [-0.4, -0.2) is 11.0 Å². The second-order valence-electron chi connectivity index (χ2n) is 7.14. The van der Waals surface area contributed by atoms with Gasteiger partial charge in [0.2, 0.25) is 0 Å². The van der Waals surface area contributed by atoms with Crippen molar-refractivity contribution in [1.29, 1.82) is 0 Å². The number of aromatic nitrogens is 1. The van der Waals surface area contributed by atoms with Gasteiger partial charge in [-0.05, 0) is 60.7 Å². The molecule has 1 aromatic heterocycles. The van der Waals surface area contributed by atoms with Gasteiger partial charge in [0.25, 0.3) is 0 Å². The number of carbonyl (C=O) groups excluding carboxylic acids is 1. The molecule has 0 unspecified atom stereocenters. The highest BCUT2D eigenvalue weighted by molar-refractivity contribution is 5.91. The number of aryl methyl sites for hydroxylation is 2. The number of halogens is 1. The van der Waals surface area contributed by atoms with Gasteiger partial charge in [0.15, 0.2) is 11.6 Å². The van der Waals surface area contributed by atoms with Crippen LogP contribution in [-0.2, 0) is 12.8 Å². The number of pyridine rings is 1. The summed E-state index contributed by atoms with van der Waals surface area (Å²) in [6.07, 6.45) is 6.84. The second kappa shape index (κ2) is 9.97. The van der Waals surface area contributed by atoms with E-state index in [1.807, 2.05) is 24.4 Å². The molecule has 3 rings (SSSR count). The van der Waals surface area contributed by atoms with Crippen LogP contribution in [0, 0.1) is 5.82 Å². The van der Waals surface area contributed by atoms with Crippen LogP contribution in [0.2, 0.25) is 0 Å². The van der Waals surface area contributed by atoms with Crippen molar-refractivity contribution in [3.8, 4) is 17.0 Å². The summed E-state index contributed by atoms with van der Waals surface area (Å²) in [5.41, 5.74) is 4.24. The molecule has 29 heavy (non-hydrogen) atoms. The van der Waals surface area contributed by atoms with Crippen molar-refractivity contribution in [3.63, 3.8) is 0 Å². The van der Waals surface area contributed by atoms with E-state index in [1.54, 1.807) is 18.2 Å². The lowest BCUT2D eigenvalue weighted by Crippen LogP contribution is -2.09. The van der Waals surface area contributed by atoms with Gasteiger partial charge in [-0.1, -0.05) is 51.0 Å². The Bertz CT molecular complexity index is 950. The van der Waals surface area contributed by atoms with E-state index in [-0.39, 0.29) is 5.75 Å². The number of hydrogen-bond acceptors (Lipinski definition) is 3. The molecule has 0 bridgehead atoms. The van der Waals surface area contributed by atoms with E-state index >= 15 is 0 Å². The highest BCUT2D eigenvalue weighted by Gasteiger charge is 2.13. The van der Waals surface area contributed by atoms with Gasteiger partial charge in [-0.15, -0.1) is 0 Å². The van der Waals surface area contributed by atoms with E-state index in [9.17, 15) is 9.18 Å². The smallest absolute Gasteiger partial charge is 0.343 e. The average molecular weight is 391 g/mol. The number of nitrogens with zero attached hydrogens (tertiary/aromatic N) is 1. The third kappa shape index (κ3) is 5.50. The topological polar surface area (TPSA) is 39.2 Å². The fourth-order valence-electron chi connectivity index (χ4n) is 3.13. The van der Waals surface area contributed by atoms with Gasteiger partial charge >= 0.3 is 5.97 Å². The van der Waals surface area contributed by atoms with E-state index in [4.69, 9.17) is 4.74 Å². The molecule has 0 fully saturated rings. The minimum Gasteiger partial charge on any atom is -0.420 e.